The SMILES string of the molecule is CC(C)(C)OC(=O)NC[C@H](N)c1ccc(-c2ccccc2)cc1. The van der Waals surface area contributed by atoms with E-state index in [0.717, 1.165) is 11.1 Å². The molecule has 0 saturated heterocycles. The third-order valence-electron chi connectivity index (χ3n) is 3.31. The standard InChI is InChI=1S/C19H24N2O2/c1-19(2,3)23-18(22)21-13-17(20)16-11-9-15(10-12-16)14-7-5-4-6-8-14/h4-12,17H,13,20H2,1-3H3,(H,21,22)/t17-/m0/s1. The van der Waals surface area contributed by atoms with E-state index in [1.54, 1.807) is 0 Å². The lowest BCUT2D eigenvalue weighted by atomic mass is 10.0. The van der Waals surface area contributed by atoms with E-state index in [1.807, 2.05) is 63.2 Å². The van der Waals surface area contributed by atoms with Gasteiger partial charge in [-0.05, 0) is 37.5 Å². The van der Waals surface area contributed by atoms with Gasteiger partial charge in [0.25, 0.3) is 0 Å². The predicted molar refractivity (Wildman–Crippen MR) is 93.0 cm³/mol. The third-order valence-corrected chi connectivity index (χ3v) is 3.31. The molecule has 1 amide bonds. The first-order chi connectivity index (χ1) is 10.8. The minimum absolute atomic E-state index is 0.271. The second kappa shape index (κ2) is 7.29. The summed E-state index contributed by atoms with van der Waals surface area (Å²) in [5, 5.41) is 2.70. The predicted octanol–water partition coefficient (Wildman–Crippen LogP) is 3.88. The lowest BCUT2D eigenvalue weighted by Crippen LogP contribution is -2.36. The molecule has 2 rings (SSSR count). The molecule has 4 nitrogen and oxygen atoms in total. The van der Waals surface area contributed by atoms with Crippen LogP contribution in [-0.4, -0.2) is 18.2 Å². The molecule has 23 heavy (non-hydrogen) atoms. The zero-order valence-corrected chi connectivity index (χ0v) is 13.9. The molecule has 0 saturated carbocycles. The second-order valence-corrected chi connectivity index (χ2v) is 6.48. The molecule has 0 aliphatic heterocycles. The number of hydrogen-bond acceptors (Lipinski definition) is 3. The van der Waals surface area contributed by atoms with Crippen LogP contribution in [-0.2, 0) is 4.74 Å². The highest BCUT2D eigenvalue weighted by Crippen LogP contribution is 2.21. The fourth-order valence-corrected chi connectivity index (χ4v) is 2.18. The van der Waals surface area contributed by atoms with Gasteiger partial charge < -0.3 is 15.8 Å². The van der Waals surface area contributed by atoms with Crippen LogP contribution in [0.1, 0.15) is 32.4 Å². The van der Waals surface area contributed by atoms with Crippen molar-refractivity contribution in [2.75, 3.05) is 6.54 Å². The van der Waals surface area contributed by atoms with Gasteiger partial charge in [-0.2, -0.15) is 0 Å². The summed E-state index contributed by atoms with van der Waals surface area (Å²) in [5.74, 6) is 0. The van der Waals surface area contributed by atoms with Gasteiger partial charge in [-0.3, -0.25) is 0 Å². The van der Waals surface area contributed by atoms with Gasteiger partial charge >= 0.3 is 6.09 Å². The van der Waals surface area contributed by atoms with Crippen LogP contribution in [0.5, 0.6) is 0 Å². The summed E-state index contributed by atoms with van der Waals surface area (Å²) in [6, 6.07) is 17.9. The van der Waals surface area contributed by atoms with Gasteiger partial charge in [-0.15, -0.1) is 0 Å². The zero-order valence-electron chi connectivity index (χ0n) is 13.9. The highest BCUT2D eigenvalue weighted by atomic mass is 16.6. The number of nitrogens with one attached hydrogen (secondary N) is 1. The van der Waals surface area contributed by atoms with E-state index in [2.05, 4.69) is 17.4 Å². The van der Waals surface area contributed by atoms with E-state index < -0.39 is 11.7 Å². The molecule has 122 valence electrons. The Bertz CT molecular complexity index is 631. The molecule has 3 N–H and O–H groups in total. The van der Waals surface area contributed by atoms with Gasteiger partial charge in [-0.25, -0.2) is 4.79 Å². The first-order valence-electron chi connectivity index (χ1n) is 7.73. The van der Waals surface area contributed by atoms with Crippen LogP contribution >= 0.6 is 0 Å². The summed E-state index contributed by atoms with van der Waals surface area (Å²) in [7, 11) is 0. The van der Waals surface area contributed by atoms with Crippen LogP contribution in [0.4, 0.5) is 4.79 Å². The number of alkyl carbamates (subject to hydrolysis) is 1. The minimum atomic E-state index is -0.508. The first kappa shape index (κ1) is 17.0. The Morgan fingerprint density at radius 2 is 1.61 bits per heavy atom. The van der Waals surface area contributed by atoms with Crippen molar-refractivity contribution in [1.29, 1.82) is 0 Å². The van der Waals surface area contributed by atoms with E-state index in [-0.39, 0.29) is 6.04 Å². The highest BCUT2D eigenvalue weighted by molar-refractivity contribution is 5.67. The molecule has 0 radical (unpaired) electrons. The minimum Gasteiger partial charge on any atom is -0.444 e. The molecule has 0 aliphatic rings. The number of ether oxygens (including phenoxy) is 1. The Kier molecular flexibility index (Phi) is 5.40. The van der Waals surface area contributed by atoms with E-state index in [4.69, 9.17) is 10.5 Å². The molecular weight excluding hydrogens is 288 g/mol. The van der Waals surface area contributed by atoms with Crippen molar-refractivity contribution in [3.8, 4) is 11.1 Å². The first-order valence-corrected chi connectivity index (χ1v) is 7.73. The number of nitrogens with two attached hydrogens (primary N) is 1. The smallest absolute Gasteiger partial charge is 0.407 e. The van der Waals surface area contributed by atoms with Crippen molar-refractivity contribution < 1.29 is 9.53 Å². The number of rotatable bonds is 4. The normalized spacial score (nSPS) is 12.5. The molecule has 0 unspecified atom stereocenters. The van der Waals surface area contributed by atoms with Crippen molar-refractivity contribution >= 4 is 6.09 Å². The summed E-state index contributed by atoms with van der Waals surface area (Å²) in [5.41, 5.74) is 8.90. The van der Waals surface area contributed by atoms with Crippen LogP contribution < -0.4 is 11.1 Å². The number of carbonyl (C=O) groups excluding carboxylic acids is 1. The molecule has 4 heteroatoms. The molecule has 0 aromatic heterocycles. The Labute approximate surface area is 137 Å². The van der Waals surface area contributed by atoms with Gasteiger partial charge in [-0.1, -0.05) is 54.6 Å². The lowest BCUT2D eigenvalue weighted by Gasteiger charge is -2.21. The fourth-order valence-electron chi connectivity index (χ4n) is 2.18. The van der Waals surface area contributed by atoms with Crippen LogP contribution in [0.15, 0.2) is 54.6 Å². The topological polar surface area (TPSA) is 64.3 Å². The molecule has 0 spiro atoms. The van der Waals surface area contributed by atoms with E-state index >= 15 is 0 Å². The summed E-state index contributed by atoms with van der Waals surface area (Å²) >= 11 is 0. The Hall–Kier alpha value is -2.33. The van der Waals surface area contributed by atoms with Crippen LogP contribution in [0.2, 0.25) is 0 Å². The molecule has 0 aliphatic carbocycles. The van der Waals surface area contributed by atoms with Gasteiger partial charge in [0.15, 0.2) is 0 Å². The third kappa shape index (κ3) is 5.42. The molecule has 2 aromatic carbocycles. The average molecular weight is 312 g/mol. The van der Waals surface area contributed by atoms with Crippen molar-refractivity contribution in [3.63, 3.8) is 0 Å². The largest absolute Gasteiger partial charge is 0.444 e. The van der Waals surface area contributed by atoms with E-state index in [9.17, 15) is 4.79 Å². The van der Waals surface area contributed by atoms with Crippen molar-refractivity contribution in [2.45, 2.75) is 32.4 Å². The quantitative estimate of drug-likeness (QED) is 0.900. The van der Waals surface area contributed by atoms with Gasteiger partial charge in [0.05, 0.1) is 0 Å². The summed E-state index contributed by atoms with van der Waals surface area (Å²) in [4.78, 5) is 11.6. The van der Waals surface area contributed by atoms with Crippen molar-refractivity contribution in [3.05, 3.63) is 60.2 Å². The van der Waals surface area contributed by atoms with Gasteiger partial charge in [0.2, 0.25) is 0 Å². The Balaban J connectivity index is 1.93. The monoisotopic (exact) mass is 312 g/mol. The molecule has 0 heterocycles. The number of amides is 1. The number of benzene rings is 2. The van der Waals surface area contributed by atoms with Gasteiger partial charge in [0.1, 0.15) is 5.60 Å². The number of hydrogen-bond donors (Lipinski definition) is 2. The summed E-state index contributed by atoms with van der Waals surface area (Å²) in [6.07, 6.45) is -0.450. The van der Waals surface area contributed by atoms with Crippen molar-refractivity contribution in [2.24, 2.45) is 5.73 Å². The van der Waals surface area contributed by atoms with Crippen LogP contribution in [0, 0.1) is 0 Å². The molecule has 1 atom stereocenters. The summed E-state index contributed by atoms with van der Waals surface area (Å²) < 4.78 is 5.20. The molecule has 0 bridgehead atoms. The average Bonchev–Trinajstić information content (AvgIpc) is 2.52. The highest BCUT2D eigenvalue weighted by Gasteiger charge is 2.16. The maximum atomic E-state index is 11.6. The molecule has 2 aromatic rings. The zero-order chi connectivity index (χ0) is 16.9. The van der Waals surface area contributed by atoms with Crippen LogP contribution in [0.25, 0.3) is 11.1 Å². The molecule has 0 fully saturated rings. The fraction of sp³-hybridized carbons (Fsp3) is 0.316. The van der Waals surface area contributed by atoms with Crippen LogP contribution in [0.3, 0.4) is 0 Å². The Morgan fingerprint density at radius 3 is 2.17 bits per heavy atom. The second-order valence-electron chi connectivity index (χ2n) is 6.48. The van der Waals surface area contributed by atoms with E-state index in [0.29, 0.717) is 6.54 Å². The Morgan fingerprint density at radius 1 is 1.04 bits per heavy atom. The van der Waals surface area contributed by atoms with Crippen molar-refractivity contribution in [1.82, 2.24) is 5.32 Å². The lowest BCUT2D eigenvalue weighted by molar-refractivity contribution is 0.0524. The number of carbonyl (C=O) groups is 1. The summed E-state index contributed by atoms with van der Waals surface area (Å²) in [6.45, 7) is 5.82. The maximum absolute atomic E-state index is 11.6. The maximum Gasteiger partial charge on any atom is 0.407 e. The molecular formula is C19H24N2O2. The van der Waals surface area contributed by atoms with Gasteiger partial charge in [0, 0.05) is 12.6 Å². The van der Waals surface area contributed by atoms with E-state index in [1.165, 1.54) is 5.56 Å².